The van der Waals surface area contributed by atoms with Gasteiger partial charge in [-0.3, -0.25) is 4.79 Å². The van der Waals surface area contributed by atoms with Crippen LogP contribution >= 0.6 is 50.3 Å². The molecule has 2 aliphatic heterocycles. The van der Waals surface area contributed by atoms with E-state index in [4.69, 9.17) is 4.74 Å². The van der Waals surface area contributed by atoms with E-state index in [-0.39, 0.29) is 26.8 Å². The SMILES string of the molecule is CC1(C)S[C@@H]2[C@H](Br)C(=O)N2[C@H]1C(=O)OCI. The predicted octanol–water partition coefficient (Wildman–Crippen LogP) is 1.75. The zero-order chi connectivity index (χ0) is 12.1. The highest BCUT2D eigenvalue weighted by Crippen LogP contribution is 2.52. The van der Waals surface area contributed by atoms with Gasteiger partial charge in [0.2, 0.25) is 5.91 Å². The van der Waals surface area contributed by atoms with E-state index in [1.807, 2.05) is 36.4 Å². The molecule has 0 radical (unpaired) electrons. The van der Waals surface area contributed by atoms with Crippen molar-refractivity contribution in [3.63, 3.8) is 0 Å². The summed E-state index contributed by atoms with van der Waals surface area (Å²) in [6.45, 7) is 3.95. The van der Waals surface area contributed by atoms with Crippen molar-refractivity contribution in [1.82, 2.24) is 4.90 Å². The van der Waals surface area contributed by atoms with Crippen LogP contribution in [-0.2, 0) is 14.3 Å². The Hall–Kier alpha value is 0.500. The van der Waals surface area contributed by atoms with Crippen LogP contribution in [0.5, 0.6) is 0 Å². The highest BCUT2D eigenvalue weighted by molar-refractivity contribution is 14.1. The molecule has 0 saturated carbocycles. The number of hydrogen-bond donors (Lipinski definition) is 0. The number of halogens is 2. The van der Waals surface area contributed by atoms with Gasteiger partial charge in [-0.25, -0.2) is 4.79 Å². The number of alkyl halides is 2. The average Bonchev–Trinajstić information content (AvgIpc) is 2.47. The van der Waals surface area contributed by atoms with Gasteiger partial charge in [0, 0.05) is 4.75 Å². The number of fused-ring (bicyclic) bond motifs is 1. The van der Waals surface area contributed by atoms with Crippen LogP contribution in [0, 0.1) is 0 Å². The second-order valence-corrected chi connectivity index (χ2v) is 7.61. The van der Waals surface area contributed by atoms with Crippen molar-refractivity contribution >= 4 is 62.2 Å². The van der Waals surface area contributed by atoms with E-state index in [1.165, 1.54) is 0 Å². The molecule has 0 aromatic carbocycles. The van der Waals surface area contributed by atoms with Gasteiger partial charge in [-0.2, -0.15) is 0 Å². The molecule has 90 valence electrons. The molecule has 2 fully saturated rings. The van der Waals surface area contributed by atoms with E-state index in [9.17, 15) is 9.59 Å². The highest BCUT2D eigenvalue weighted by atomic mass is 127. The van der Waals surface area contributed by atoms with Crippen molar-refractivity contribution in [1.29, 1.82) is 0 Å². The zero-order valence-electron chi connectivity index (χ0n) is 8.78. The molecule has 2 aliphatic rings. The number of thioether (sulfide) groups is 1. The van der Waals surface area contributed by atoms with Crippen LogP contribution in [0.15, 0.2) is 0 Å². The maximum absolute atomic E-state index is 11.9. The topological polar surface area (TPSA) is 46.6 Å². The number of esters is 1. The van der Waals surface area contributed by atoms with Crippen LogP contribution in [0.3, 0.4) is 0 Å². The molecule has 0 unspecified atom stereocenters. The summed E-state index contributed by atoms with van der Waals surface area (Å²) in [5, 5.41) is 0.0641. The van der Waals surface area contributed by atoms with E-state index in [1.54, 1.807) is 16.7 Å². The summed E-state index contributed by atoms with van der Waals surface area (Å²) < 4.78 is 5.05. The normalized spacial score (nSPS) is 35.6. The van der Waals surface area contributed by atoms with Crippen molar-refractivity contribution in [3.8, 4) is 0 Å². The number of amides is 1. The Morgan fingerprint density at radius 1 is 1.69 bits per heavy atom. The third-order valence-corrected chi connectivity index (χ3v) is 5.92. The Balaban J connectivity index is 2.22. The molecule has 1 amide bonds. The van der Waals surface area contributed by atoms with Crippen molar-refractivity contribution in [2.24, 2.45) is 0 Å². The molecule has 0 aromatic rings. The summed E-state index contributed by atoms with van der Waals surface area (Å²) in [5.74, 6) is -0.319. The largest absolute Gasteiger partial charge is 0.453 e. The summed E-state index contributed by atoms with van der Waals surface area (Å²) in [7, 11) is 0. The maximum atomic E-state index is 11.9. The van der Waals surface area contributed by atoms with Crippen LogP contribution in [0.1, 0.15) is 13.8 Å². The molecule has 3 atom stereocenters. The molecule has 0 N–H and O–H groups in total. The summed E-state index contributed by atoms with van der Waals surface area (Å²) >= 11 is 6.96. The second-order valence-electron chi connectivity index (χ2n) is 4.23. The van der Waals surface area contributed by atoms with Gasteiger partial charge >= 0.3 is 5.97 Å². The smallest absolute Gasteiger partial charge is 0.331 e. The third-order valence-electron chi connectivity index (χ3n) is 2.80. The van der Waals surface area contributed by atoms with Gasteiger partial charge in [0.1, 0.15) is 20.9 Å². The van der Waals surface area contributed by atoms with Gasteiger partial charge < -0.3 is 9.64 Å². The van der Waals surface area contributed by atoms with Gasteiger partial charge in [0.25, 0.3) is 0 Å². The van der Waals surface area contributed by atoms with Crippen molar-refractivity contribution in [3.05, 3.63) is 0 Å². The summed E-state index contributed by atoms with van der Waals surface area (Å²) in [5.41, 5.74) is 0. The van der Waals surface area contributed by atoms with Gasteiger partial charge in [-0.15, -0.1) is 11.8 Å². The number of nitrogens with zero attached hydrogens (tertiary/aromatic N) is 1. The molecule has 0 spiro atoms. The minimum atomic E-state index is -0.460. The Kier molecular flexibility index (Phi) is 3.49. The predicted molar refractivity (Wildman–Crippen MR) is 73.8 cm³/mol. The minimum Gasteiger partial charge on any atom is -0.453 e. The van der Waals surface area contributed by atoms with E-state index in [0.29, 0.717) is 4.61 Å². The van der Waals surface area contributed by atoms with E-state index >= 15 is 0 Å². The van der Waals surface area contributed by atoms with Crippen LogP contribution in [0.25, 0.3) is 0 Å². The van der Waals surface area contributed by atoms with E-state index in [0.717, 1.165) is 0 Å². The Labute approximate surface area is 120 Å². The number of β-lactam (4-membered cyclic amide) rings is 1. The molecule has 2 rings (SSSR count). The Morgan fingerprint density at radius 2 is 2.31 bits per heavy atom. The fourth-order valence-electron chi connectivity index (χ4n) is 2.08. The van der Waals surface area contributed by atoms with Crippen LogP contribution in [0.2, 0.25) is 0 Å². The zero-order valence-corrected chi connectivity index (χ0v) is 13.3. The standard InChI is InChI=1S/C9H11BrINO3S/c1-9(2)5(8(14)15-3-11)12-6(13)4(10)7(12)16-9/h4-5,7H,3H2,1-2H3/t4-,5+,7-/m1/s1. The lowest BCUT2D eigenvalue weighted by Gasteiger charge is -2.41. The van der Waals surface area contributed by atoms with Gasteiger partial charge in [-0.1, -0.05) is 15.9 Å². The molecule has 0 aromatic heterocycles. The number of carbonyl (C=O) groups excluding carboxylic acids is 2. The van der Waals surface area contributed by atoms with Crippen molar-refractivity contribution < 1.29 is 14.3 Å². The molecular weight excluding hydrogens is 409 g/mol. The molecule has 16 heavy (non-hydrogen) atoms. The lowest BCUT2D eigenvalue weighted by Crippen LogP contribution is -2.63. The monoisotopic (exact) mass is 419 g/mol. The van der Waals surface area contributed by atoms with Gasteiger partial charge in [0.15, 0.2) is 0 Å². The Morgan fingerprint density at radius 3 is 2.88 bits per heavy atom. The van der Waals surface area contributed by atoms with E-state index < -0.39 is 6.04 Å². The molecule has 0 aliphatic carbocycles. The highest BCUT2D eigenvalue weighted by Gasteiger charge is 2.63. The molecule has 0 bridgehead atoms. The second kappa shape index (κ2) is 4.31. The molecule has 2 heterocycles. The minimum absolute atomic E-state index is 0.0153. The number of hydrogen-bond acceptors (Lipinski definition) is 4. The molecule has 7 heteroatoms. The maximum Gasteiger partial charge on any atom is 0.331 e. The number of ether oxygens (including phenoxy) is 1. The van der Waals surface area contributed by atoms with Crippen LogP contribution in [-0.4, -0.2) is 42.4 Å². The van der Waals surface area contributed by atoms with Gasteiger partial charge in [0.05, 0.1) is 0 Å². The van der Waals surface area contributed by atoms with Crippen molar-refractivity contribution in [2.75, 3.05) is 4.61 Å². The van der Waals surface area contributed by atoms with Crippen LogP contribution < -0.4 is 0 Å². The molecular formula is C9H11BrINO3S. The summed E-state index contributed by atoms with van der Waals surface area (Å²) in [6, 6.07) is -0.460. The Bertz CT molecular complexity index is 352. The van der Waals surface area contributed by atoms with Crippen molar-refractivity contribution in [2.45, 2.75) is 34.8 Å². The van der Waals surface area contributed by atoms with Gasteiger partial charge in [-0.05, 0) is 36.4 Å². The van der Waals surface area contributed by atoms with Crippen LogP contribution in [0.4, 0.5) is 0 Å². The first-order valence-electron chi connectivity index (χ1n) is 4.77. The fourth-order valence-corrected chi connectivity index (χ4v) is 4.74. The fraction of sp³-hybridized carbons (Fsp3) is 0.778. The lowest BCUT2D eigenvalue weighted by molar-refractivity contribution is -0.158. The molecule has 2 saturated heterocycles. The molecule has 4 nitrogen and oxygen atoms in total. The number of carbonyl (C=O) groups is 2. The average molecular weight is 420 g/mol. The first-order chi connectivity index (χ1) is 7.40. The number of rotatable bonds is 2. The first-order valence-corrected chi connectivity index (χ1v) is 8.09. The summed E-state index contributed by atoms with van der Waals surface area (Å²) in [4.78, 5) is 25.0. The first kappa shape index (κ1) is 12.9. The quantitative estimate of drug-likeness (QED) is 0.296. The lowest BCUT2D eigenvalue weighted by atomic mass is 9.98. The third kappa shape index (κ3) is 1.78. The van der Waals surface area contributed by atoms with E-state index in [2.05, 4.69) is 15.9 Å². The summed E-state index contributed by atoms with van der Waals surface area (Å²) in [6.07, 6.45) is 0.